The Hall–Kier alpha value is -4.47. The average Bonchev–Trinajstić information content (AvgIpc) is 3.29. The Bertz CT molecular complexity index is 1650. The zero-order chi connectivity index (χ0) is 28.7. The lowest BCUT2D eigenvalue weighted by Gasteiger charge is -2.34. The van der Waals surface area contributed by atoms with Crippen molar-refractivity contribution in [1.29, 1.82) is 0 Å². The van der Waals surface area contributed by atoms with E-state index < -0.39 is 0 Å². The molecule has 0 radical (unpaired) electrons. The summed E-state index contributed by atoms with van der Waals surface area (Å²) in [5.74, 6) is 0.567. The molecule has 42 heavy (non-hydrogen) atoms. The first-order chi connectivity index (χ1) is 20.7. The van der Waals surface area contributed by atoms with Crippen molar-refractivity contribution in [2.24, 2.45) is 11.7 Å². The minimum absolute atomic E-state index is 0.120. The number of hydrogen-bond acceptors (Lipinski definition) is 3. The van der Waals surface area contributed by atoms with Gasteiger partial charge in [-0.15, -0.1) is 0 Å². The van der Waals surface area contributed by atoms with Gasteiger partial charge in [-0.05, 0) is 112 Å². The van der Waals surface area contributed by atoms with Crippen molar-refractivity contribution < 1.29 is 4.79 Å². The fourth-order valence-corrected chi connectivity index (χ4v) is 6.69. The van der Waals surface area contributed by atoms with Gasteiger partial charge < -0.3 is 11.1 Å². The van der Waals surface area contributed by atoms with Crippen molar-refractivity contribution in [3.8, 4) is 11.1 Å². The van der Waals surface area contributed by atoms with E-state index in [1.807, 2.05) is 0 Å². The highest BCUT2D eigenvalue weighted by atomic mass is 16.1. The maximum atomic E-state index is 10.5. The monoisotopic (exact) mass is 550 g/mol. The predicted molar refractivity (Wildman–Crippen MR) is 174 cm³/mol. The van der Waals surface area contributed by atoms with E-state index in [-0.39, 0.29) is 5.78 Å². The largest absolute Gasteiger partial charge is 0.383 e. The fraction of sp³-hybridized carbons (Fsp3) is 0.205. The minimum atomic E-state index is 0.120. The third-order valence-electron chi connectivity index (χ3n) is 8.69. The standard InChI is InChI=1S/C33H31N.C6H7NO/c34-22-33-26(19-23-9-3-1-4-10-23)21-32-29-16-15-25-13-7-8-14-27(25)28(29)17-18-30(32)31(33)20-24-11-5-2-6-12-24;8-6-3-1-2-4-7-5-6/h1-14,17-18,26H,15-16,19-22,34H2;1-4,7H,5H2. The zero-order valence-electron chi connectivity index (χ0n) is 24.1. The molecule has 0 saturated heterocycles. The van der Waals surface area contributed by atoms with Gasteiger partial charge in [-0.25, -0.2) is 0 Å². The van der Waals surface area contributed by atoms with E-state index in [2.05, 4.69) is 102 Å². The molecule has 0 spiro atoms. The van der Waals surface area contributed by atoms with Crippen molar-refractivity contribution in [2.45, 2.75) is 32.1 Å². The van der Waals surface area contributed by atoms with Crippen molar-refractivity contribution in [3.63, 3.8) is 0 Å². The Morgan fingerprint density at radius 2 is 1.43 bits per heavy atom. The summed E-state index contributed by atoms with van der Waals surface area (Å²) in [5, 5.41) is 2.80. The Morgan fingerprint density at radius 3 is 2.21 bits per heavy atom. The van der Waals surface area contributed by atoms with Crippen LogP contribution in [0.2, 0.25) is 0 Å². The van der Waals surface area contributed by atoms with Gasteiger partial charge in [0.15, 0.2) is 5.78 Å². The SMILES string of the molecule is NCC1=C(Cc2ccccc2)c2ccc3c(c2CC1Cc1ccccc1)CCc1ccccc1-3.O=C1C=CC=CNC1. The summed E-state index contributed by atoms with van der Waals surface area (Å²) in [5.41, 5.74) is 21.1. The van der Waals surface area contributed by atoms with Gasteiger partial charge in [0, 0.05) is 6.54 Å². The van der Waals surface area contributed by atoms with E-state index >= 15 is 0 Å². The fourth-order valence-electron chi connectivity index (χ4n) is 6.69. The number of allylic oxidation sites excluding steroid dienone is 3. The minimum Gasteiger partial charge on any atom is -0.383 e. The second kappa shape index (κ2) is 13.0. The third-order valence-corrected chi connectivity index (χ3v) is 8.69. The number of hydrogen-bond donors (Lipinski definition) is 2. The maximum Gasteiger partial charge on any atom is 0.174 e. The lowest BCUT2D eigenvalue weighted by molar-refractivity contribution is -0.113. The van der Waals surface area contributed by atoms with Crippen LogP contribution in [-0.2, 0) is 36.9 Å². The van der Waals surface area contributed by atoms with Gasteiger partial charge >= 0.3 is 0 Å². The topological polar surface area (TPSA) is 55.1 Å². The van der Waals surface area contributed by atoms with Crippen molar-refractivity contribution >= 4 is 11.4 Å². The highest BCUT2D eigenvalue weighted by Gasteiger charge is 2.30. The Kier molecular flexibility index (Phi) is 8.58. The maximum absolute atomic E-state index is 10.5. The van der Waals surface area contributed by atoms with Gasteiger partial charge in [0.1, 0.15) is 0 Å². The molecule has 1 atom stereocenters. The molecule has 2 aliphatic carbocycles. The van der Waals surface area contributed by atoms with Crippen LogP contribution < -0.4 is 11.1 Å². The van der Waals surface area contributed by atoms with Gasteiger partial charge in [0.2, 0.25) is 0 Å². The van der Waals surface area contributed by atoms with Crippen molar-refractivity contribution in [1.82, 2.24) is 5.32 Å². The van der Waals surface area contributed by atoms with Crippen molar-refractivity contribution in [2.75, 3.05) is 13.1 Å². The van der Waals surface area contributed by atoms with Crippen LogP contribution in [0.25, 0.3) is 16.7 Å². The summed E-state index contributed by atoms with van der Waals surface area (Å²) in [4.78, 5) is 10.5. The highest BCUT2D eigenvalue weighted by Crippen LogP contribution is 2.44. The Balaban J connectivity index is 0.000000343. The molecule has 0 aromatic heterocycles. The molecule has 3 heteroatoms. The van der Waals surface area contributed by atoms with E-state index in [0.29, 0.717) is 19.0 Å². The lowest BCUT2D eigenvalue weighted by atomic mass is 9.70. The number of fused-ring (bicyclic) bond motifs is 5. The Morgan fingerprint density at radius 1 is 0.714 bits per heavy atom. The smallest absolute Gasteiger partial charge is 0.174 e. The molecule has 0 fully saturated rings. The van der Waals surface area contributed by atoms with E-state index in [9.17, 15) is 4.79 Å². The molecule has 210 valence electrons. The summed E-state index contributed by atoms with van der Waals surface area (Å²) in [6.45, 7) is 1.05. The molecular weight excluding hydrogens is 512 g/mol. The van der Waals surface area contributed by atoms with E-state index in [1.54, 1.807) is 35.6 Å². The van der Waals surface area contributed by atoms with Crippen LogP contribution in [0.15, 0.2) is 127 Å². The van der Waals surface area contributed by atoms with Crippen LogP contribution >= 0.6 is 0 Å². The first-order valence-electron chi connectivity index (χ1n) is 15.0. The van der Waals surface area contributed by atoms with Crippen LogP contribution in [0.3, 0.4) is 0 Å². The summed E-state index contributed by atoms with van der Waals surface area (Å²) in [6, 6.07) is 35.5. The number of carbonyl (C=O) groups excluding carboxylic acids is 1. The number of nitrogens with two attached hydrogens (primary N) is 1. The second-order valence-electron chi connectivity index (χ2n) is 11.3. The first kappa shape index (κ1) is 27.7. The van der Waals surface area contributed by atoms with Gasteiger partial charge in [-0.3, -0.25) is 4.79 Å². The van der Waals surface area contributed by atoms with E-state index in [0.717, 1.165) is 32.1 Å². The molecule has 4 aromatic rings. The normalized spacial score (nSPS) is 16.8. The van der Waals surface area contributed by atoms with Gasteiger partial charge in [-0.1, -0.05) is 103 Å². The number of aryl methyl sites for hydroxylation is 1. The molecule has 0 bridgehead atoms. The van der Waals surface area contributed by atoms with Crippen LogP contribution in [0, 0.1) is 5.92 Å². The van der Waals surface area contributed by atoms with Crippen LogP contribution in [0.1, 0.15) is 33.4 Å². The number of rotatable bonds is 5. The molecular formula is C39H38N2O. The zero-order valence-corrected chi connectivity index (χ0v) is 24.1. The van der Waals surface area contributed by atoms with Gasteiger partial charge in [-0.2, -0.15) is 0 Å². The first-order valence-corrected chi connectivity index (χ1v) is 15.0. The quantitative estimate of drug-likeness (QED) is 0.280. The third kappa shape index (κ3) is 6.07. The average molecular weight is 551 g/mol. The van der Waals surface area contributed by atoms with E-state index in [1.165, 1.54) is 44.5 Å². The molecule has 1 aliphatic heterocycles. The molecule has 3 N–H and O–H groups in total. The molecule has 4 aromatic carbocycles. The number of ketones is 1. The number of carbonyl (C=O) groups is 1. The Labute approximate surface area is 249 Å². The summed E-state index contributed by atoms with van der Waals surface area (Å²) < 4.78 is 0. The molecule has 7 rings (SSSR count). The molecule has 0 saturated carbocycles. The van der Waals surface area contributed by atoms with Crippen LogP contribution in [0.4, 0.5) is 0 Å². The molecule has 0 amide bonds. The number of benzene rings is 4. The lowest BCUT2D eigenvalue weighted by Crippen LogP contribution is -2.26. The molecule has 3 aliphatic rings. The molecule has 1 unspecified atom stereocenters. The van der Waals surface area contributed by atoms with Gasteiger partial charge in [0.05, 0.1) is 6.54 Å². The highest BCUT2D eigenvalue weighted by molar-refractivity contribution is 5.92. The summed E-state index contributed by atoms with van der Waals surface area (Å²) in [7, 11) is 0. The summed E-state index contributed by atoms with van der Waals surface area (Å²) in [6.07, 6.45) is 12.2. The van der Waals surface area contributed by atoms with Crippen molar-refractivity contribution in [3.05, 3.63) is 160 Å². The molecule has 3 nitrogen and oxygen atoms in total. The number of nitrogens with one attached hydrogen (secondary N) is 1. The van der Waals surface area contributed by atoms with Crippen LogP contribution in [-0.4, -0.2) is 18.9 Å². The predicted octanol–water partition coefficient (Wildman–Crippen LogP) is 7.05. The van der Waals surface area contributed by atoms with Crippen LogP contribution in [0.5, 0.6) is 0 Å². The van der Waals surface area contributed by atoms with Gasteiger partial charge in [0.25, 0.3) is 0 Å². The van der Waals surface area contributed by atoms with E-state index in [4.69, 9.17) is 5.73 Å². The second-order valence-corrected chi connectivity index (χ2v) is 11.3. The molecule has 1 heterocycles. The summed E-state index contributed by atoms with van der Waals surface area (Å²) >= 11 is 0.